The Hall–Kier alpha value is -2.02. The zero-order valence-electron chi connectivity index (χ0n) is 15.8. The first kappa shape index (κ1) is 21.3. The first-order valence-corrected chi connectivity index (χ1v) is 9.94. The fourth-order valence-electron chi connectivity index (χ4n) is 3.47. The standard InChI is InChI=1S/C20H25BrO6/c1-11(13(5-4-8-21)9-16(22)23)6-7-14-18(24)17-15(10-27-20(17)25)12(2)19(14)26-3/h6,13,24H,4-5,7-10H2,1-3H3,(H,22,23)/p-1/b11-6+. The summed E-state index contributed by atoms with van der Waals surface area (Å²) in [6.07, 6.45) is 3.72. The summed E-state index contributed by atoms with van der Waals surface area (Å²) >= 11 is 3.36. The molecular formula is C20H24BrO6-. The molecule has 0 saturated heterocycles. The smallest absolute Gasteiger partial charge is 0.342 e. The quantitative estimate of drug-likeness (QED) is 0.361. The molecule has 1 aromatic rings. The van der Waals surface area contributed by atoms with Crippen molar-refractivity contribution in [3.05, 3.63) is 33.9 Å². The van der Waals surface area contributed by atoms with Gasteiger partial charge in [-0.1, -0.05) is 27.6 Å². The van der Waals surface area contributed by atoms with Gasteiger partial charge in [-0.05, 0) is 51.0 Å². The molecule has 0 amide bonds. The Morgan fingerprint density at radius 1 is 1.48 bits per heavy atom. The number of carbonyl (C=O) groups is 2. The molecule has 1 heterocycles. The number of esters is 1. The van der Waals surface area contributed by atoms with Gasteiger partial charge in [-0.2, -0.15) is 0 Å². The van der Waals surface area contributed by atoms with Crippen LogP contribution in [0, 0.1) is 12.8 Å². The van der Waals surface area contributed by atoms with Crippen LogP contribution in [-0.2, 0) is 22.6 Å². The van der Waals surface area contributed by atoms with E-state index in [4.69, 9.17) is 9.47 Å². The van der Waals surface area contributed by atoms with Gasteiger partial charge in [-0.3, -0.25) is 0 Å². The predicted molar refractivity (Wildman–Crippen MR) is 102 cm³/mol. The number of carbonyl (C=O) groups excluding carboxylic acids is 2. The zero-order valence-corrected chi connectivity index (χ0v) is 17.3. The van der Waals surface area contributed by atoms with Crippen LogP contribution in [0.5, 0.6) is 11.5 Å². The number of aliphatic carboxylic acids is 1. The summed E-state index contributed by atoms with van der Waals surface area (Å²) in [7, 11) is 1.51. The first-order valence-electron chi connectivity index (χ1n) is 8.82. The van der Waals surface area contributed by atoms with Crippen LogP contribution in [-0.4, -0.2) is 29.5 Å². The molecular weight excluding hydrogens is 416 g/mol. The number of hydrogen-bond donors (Lipinski definition) is 1. The second kappa shape index (κ2) is 9.26. The Morgan fingerprint density at radius 2 is 2.19 bits per heavy atom. The molecule has 0 aliphatic carbocycles. The minimum Gasteiger partial charge on any atom is -0.550 e. The number of allylic oxidation sites excluding steroid dienone is 2. The summed E-state index contributed by atoms with van der Waals surface area (Å²) in [5, 5.41) is 22.5. The fourth-order valence-corrected chi connectivity index (χ4v) is 3.80. The number of methoxy groups -OCH3 is 1. The molecule has 1 atom stereocenters. The number of benzene rings is 1. The van der Waals surface area contributed by atoms with Crippen LogP contribution in [0.4, 0.5) is 0 Å². The second-order valence-electron chi connectivity index (χ2n) is 6.67. The summed E-state index contributed by atoms with van der Waals surface area (Å²) < 4.78 is 10.5. The topological polar surface area (TPSA) is 95.9 Å². The van der Waals surface area contributed by atoms with Gasteiger partial charge in [-0.15, -0.1) is 0 Å². The summed E-state index contributed by atoms with van der Waals surface area (Å²) in [6, 6.07) is 0. The molecule has 2 rings (SSSR count). The van der Waals surface area contributed by atoms with Gasteiger partial charge >= 0.3 is 5.97 Å². The lowest BCUT2D eigenvalue weighted by Gasteiger charge is -2.19. The van der Waals surface area contributed by atoms with Gasteiger partial charge < -0.3 is 24.5 Å². The highest BCUT2D eigenvalue weighted by molar-refractivity contribution is 9.09. The monoisotopic (exact) mass is 439 g/mol. The van der Waals surface area contributed by atoms with E-state index in [0.29, 0.717) is 23.3 Å². The summed E-state index contributed by atoms with van der Waals surface area (Å²) in [6.45, 7) is 3.83. The molecule has 7 heteroatoms. The second-order valence-corrected chi connectivity index (χ2v) is 7.46. The molecule has 1 unspecified atom stereocenters. The Morgan fingerprint density at radius 3 is 2.78 bits per heavy atom. The number of aromatic hydroxyl groups is 1. The van der Waals surface area contributed by atoms with Crippen molar-refractivity contribution in [3.63, 3.8) is 0 Å². The molecule has 1 aliphatic rings. The average Bonchev–Trinajstić information content (AvgIpc) is 3.01. The molecule has 148 valence electrons. The molecule has 27 heavy (non-hydrogen) atoms. The van der Waals surface area contributed by atoms with Crippen molar-refractivity contribution in [2.24, 2.45) is 5.92 Å². The van der Waals surface area contributed by atoms with Crippen LogP contribution in [0.15, 0.2) is 11.6 Å². The maximum absolute atomic E-state index is 12.0. The van der Waals surface area contributed by atoms with Crippen molar-refractivity contribution < 1.29 is 29.3 Å². The van der Waals surface area contributed by atoms with E-state index in [-0.39, 0.29) is 30.3 Å². The van der Waals surface area contributed by atoms with Crippen LogP contribution < -0.4 is 9.84 Å². The lowest BCUT2D eigenvalue weighted by molar-refractivity contribution is -0.306. The van der Waals surface area contributed by atoms with Gasteiger partial charge in [0.15, 0.2) is 0 Å². The number of ether oxygens (including phenoxy) is 2. The maximum atomic E-state index is 12.0. The third-order valence-corrected chi connectivity index (χ3v) is 5.58. The number of alkyl halides is 1. The molecule has 1 aliphatic heterocycles. The largest absolute Gasteiger partial charge is 0.550 e. The van der Waals surface area contributed by atoms with Crippen molar-refractivity contribution in [1.29, 1.82) is 0 Å². The number of halogens is 1. The third kappa shape index (κ3) is 4.64. The van der Waals surface area contributed by atoms with E-state index in [1.807, 2.05) is 19.9 Å². The van der Waals surface area contributed by atoms with Crippen molar-refractivity contribution in [1.82, 2.24) is 0 Å². The van der Waals surface area contributed by atoms with Gasteiger partial charge in [0.05, 0.1) is 7.11 Å². The molecule has 0 saturated carbocycles. The Kier molecular flexibility index (Phi) is 7.30. The highest BCUT2D eigenvalue weighted by Crippen LogP contribution is 2.42. The summed E-state index contributed by atoms with van der Waals surface area (Å²) in [4.78, 5) is 23.0. The van der Waals surface area contributed by atoms with Gasteiger partial charge in [-0.25, -0.2) is 4.79 Å². The third-order valence-electron chi connectivity index (χ3n) is 5.02. The number of carboxylic acid groups (broad SMARTS) is 1. The molecule has 0 aromatic heterocycles. The molecule has 0 spiro atoms. The minimum absolute atomic E-state index is 0.0476. The summed E-state index contributed by atoms with van der Waals surface area (Å²) in [5.74, 6) is -1.37. The first-order chi connectivity index (χ1) is 12.8. The van der Waals surface area contributed by atoms with E-state index in [0.717, 1.165) is 29.3 Å². The maximum Gasteiger partial charge on any atom is 0.342 e. The Balaban J connectivity index is 2.36. The van der Waals surface area contributed by atoms with E-state index in [2.05, 4.69) is 15.9 Å². The van der Waals surface area contributed by atoms with Crippen LogP contribution in [0.25, 0.3) is 0 Å². The van der Waals surface area contributed by atoms with Crippen molar-refractivity contribution in [2.45, 2.75) is 46.1 Å². The average molecular weight is 440 g/mol. The molecule has 1 aromatic carbocycles. The number of carboxylic acids is 1. The fraction of sp³-hybridized carbons (Fsp3) is 0.500. The van der Waals surface area contributed by atoms with Crippen LogP contribution in [0.3, 0.4) is 0 Å². The van der Waals surface area contributed by atoms with E-state index in [1.165, 1.54) is 7.11 Å². The van der Waals surface area contributed by atoms with E-state index in [9.17, 15) is 19.8 Å². The van der Waals surface area contributed by atoms with Gasteiger partial charge in [0.1, 0.15) is 23.7 Å². The van der Waals surface area contributed by atoms with Crippen molar-refractivity contribution in [3.8, 4) is 11.5 Å². The molecule has 1 N–H and O–H groups in total. The lowest BCUT2D eigenvalue weighted by atomic mass is 9.90. The van der Waals surface area contributed by atoms with Gasteiger partial charge in [0.25, 0.3) is 0 Å². The number of phenols is 1. The van der Waals surface area contributed by atoms with E-state index < -0.39 is 11.9 Å². The number of phenolic OH excluding ortho intramolecular Hbond substituents is 1. The van der Waals surface area contributed by atoms with Gasteiger partial charge in [0, 0.05) is 22.4 Å². The highest BCUT2D eigenvalue weighted by atomic mass is 79.9. The number of cyclic esters (lactones) is 1. The SMILES string of the molecule is COc1c(C)c2c(c(O)c1C/C=C(\C)C(CCCBr)CC(=O)[O-])C(=O)OC2. The van der Waals surface area contributed by atoms with Crippen LogP contribution >= 0.6 is 15.9 Å². The Labute approximate surface area is 167 Å². The predicted octanol–water partition coefficient (Wildman–Crippen LogP) is 2.80. The minimum atomic E-state index is -1.08. The molecule has 0 bridgehead atoms. The summed E-state index contributed by atoms with van der Waals surface area (Å²) in [5.41, 5.74) is 3.01. The van der Waals surface area contributed by atoms with Crippen molar-refractivity contribution >= 4 is 27.9 Å². The number of hydrogen-bond acceptors (Lipinski definition) is 6. The lowest BCUT2D eigenvalue weighted by Crippen LogP contribution is -2.25. The Bertz CT molecular complexity index is 768. The number of fused-ring (bicyclic) bond motifs is 1. The number of rotatable bonds is 9. The molecule has 6 nitrogen and oxygen atoms in total. The van der Waals surface area contributed by atoms with Gasteiger partial charge in [0.2, 0.25) is 0 Å². The highest BCUT2D eigenvalue weighted by Gasteiger charge is 2.31. The van der Waals surface area contributed by atoms with Crippen LogP contribution in [0.2, 0.25) is 0 Å². The van der Waals surface area contributed by atoms with E-state index in [1.54, 1.807) is 0 Å². The normalized spacial score (nSPS) is 14.7. The van der Waals surface area contributed by atoms with E-state index >= 15 is 0 Å². The van der Waals surface area contributed by atoms with Crippen LogP contribution in [0.1, 0.15) is 53.2 Å². The molecule has 0 radical (unpaired) electrons. The molecule has 0 fully saturated rings. The van der Waals surface area contributed by atoms with Crippen molar-refractivity contribution in [2.75, 3.05) is 12.4 Å². The zero-order chi connectivity index (χ0) is 20.1.